The topological polar surface area (TPSA) is 84.2 Å². The van der Waals surface area contributed by atoms with Gasteiger partial charge in [-0.05, 0) is 37.1 Å². The number of hydrogen-bond donors (Lipinski definition) is 3. The summed E-state index contributed by atoms with van der Waals surface area (Å²) in [6, 6.07) is 7.09. The molecule has 0 spiro atoms. The highest BCUT2D eigenvalue weighted by molar-refractivity contribution is 7.99. The predicted molar refractivity (Wildman–Crippen MR) is 86.6 cm³/mol. The number of nitrogens with one attached hydrogen (secondary N) is 2. The third kappa shape index (κ3) is 9.20. The molecular weight excluding hydrogens is 310 g/mol. The van der Waals surface area contributed by atoms with Gasteiger partial charge in [0.05, 0.1) is 0 Å². The zero-order valence-corrected chi connectivity index (χ0v) is 13.3. The van der Waals surface area contributed by atoms with Gasteiger partial charge in [0.25, 0.3) is 0 Å². The number of urea groups is 1. The molecule has 1 rings (SSSR count). The normalized spacial score (nSPS) is 10.1. The molecule has 116 valence electrons. The Morgan fingerprint density at radius 3 is 2.48 bits per heavy atom. The first kappa shape index (κ1) is 17.7. The van der Waals surface area contributed by atoms with Crippen LogP contribution >= 0.6 is 23.4 Å². The molecule has 0 aliphatic heterocycles. The number of primary amides is 1. The number of nitrogens with two attached hydrogens (primary N) is 1. The zero-order chi connectivity index (χ0) is 15.5. The molecule has 0 radical (unpaired) electrons. The molecule has 5 nitrogen and oxygen atoms in total. The minimum Gasteiger partial charge on any atom is -0.355 e. The van der Waals surface area contributed by atoms with Gasteiger partial charge in [-0.3, -0.25) is 4.79 Å². The number of benzene rings is 1. The van der Waals surface area contributed by atoms with Gasteiger partial charge >= 0.3 is 6.03 Å². The lowest BCUT2D eigenvalue weighted by Gasteiger charge is -2.06. The maximum absolute atomic E-state index is 11.5. The summed E-state index contributed by atoms with van der Waals surface area (Å²) >= 11 is 7.48. The van der Waals surface area contributed by atoms with E-state index >= 15 is 0 Å². The summed E-state index contributed by atoms with van der Waals surface area (Å²) in [7, 11) is 0. The molecule has 21 heavy (non-hydrogen) atoms. The standard InChI is InChI=1S/C14H20ClN3O2S/c15-11-4-6-12(7-5-11)21-10-9-17-13(19)3-1-2-8-18-14(16)20/h4-7H,1-3,8-10H2,(H,17,19)(H3,16,18,20). The van der Waals surface area contributed by atoms with Gasteiger partial charge in [-0.2, -0.15) is 0 Å². The Kier molecular flexibility index (Phi) is 8.69. The molecule has 0 unspecified atom stereocenters. The van der Waals surface area contributed by atoms with Crippen molar-refractivity contribution in [3.63, 3.8) is 0 Å². The molecule has 1 aromatic rings. The third-order valence-corrected chi connectivity index (χ3v) is 3.90. The summed E-state index contributed by atoms with van der Waals surface area (Å²) in [6.07, 6.45) is 1.94. The summed E-state index contributed by atoms with van der Waals surface area (Å²) in [6.45, 7) is 1.14. The Labute approximate surface area is 134 Å². The van der Waals surface area contributed by atoms with Gasteiger partial charge in [0.1, 0.15) is 0 Å². The van der Waals surface area contributed by atoms with Gasteiger partial charge in [0, 0.05) is 35.2 Å². The maximum atomic E-state index is 11.5. The van der Waals surface area contributed by atoms with E-state index in [1.54, 1.807) is 11.8 Å². The van der Waals surface area contributed by atoms with E-state index in [0.29, 0.717) is 19.5 Å². The fourth-order valence-electron chi connectivity index (χ4n) is 1.60. The Morgan fingerprint density at radius 1 is 1.10 bits per heavy atom. The van der Waals surface area contributed by atoms with Gasteiger partial charge in [-0.25, -0.2) is 4.79 Å². The van der Waals surface area contributed by atoms with E-state index in [2.05, 4.69) is 10.6 Å². The Morgan fingerprint density at radius 2 is 1.81 bits per heavy atom. The molecule has 0 fully saturated rings. The first-order valence-electron chi connectivity index (χ1n) is 6.76. The number of carbonyl (C=O) groups excluding carboxylic acids is 2. The number of thioether (sulfide) groups is 1. The first-order chi connectivity index (χ1) is 10.1. The number of halogens is 1. The van der Waals surface area contributed by atoms with Gasteiger partial charge in [0.15, 0.2) is 0 Å². The summed E-state index contributed by atoms with van der Waals surface area (Å²) in [5.74, 6) is 0.849. The largest absolute Gasteiger partial charge is 0.355 e. The molecule has 0 bridgehead atoms. The van der Waals surface area contributed by atoms with E-state index in [-0.39, 0.29) is 5.91 Å². The molecule has 0 saturated heterocycles. The maximum Gasteiger partial charge on any atom is 0.312 e. The van der Waals surface area contributed by atoms with Crippen LogP contribution in [0.5, 0.6) is 0 Å². The smallest absolute Gasteiger partial charge is 0.312 e. The van der Waals surface area contributed by atoms with E-state index in [1.165, 1.54) is 0 Å². The van der Waals surface area contributed by atoms with Crippen LogP contribution in [0.25, 0.3) is 0 Å². The van der Waals surface area contributed by atoms with Gasteiger partial charge in [-0.15, -0.1) is 11.8 Å². The lowest BCUT2D eigenvalue weighted by molar-refractivity contribution is -0.121. The van der Waals surface area contributed by atoms with Crippen molar-refractivity contribution in [2.24, 2.45) is 5.73 Å². The van der Waals surface area contributed by atoms with Crippen LogP contribution in [0.3, 0.4) is 0 Å². The van der Waals surface area contributed by atoms with Crippen LogP contribution in [0.15, 0.2) is 29.2 Å². The summed E-state index contributed by atoms with van der Waals surface area (Å²) < 4.78 is 0. The van der Waals surface area contributed by atoms with E-state index in [0.717, 1.165) is 28.5 Å². The molecule has 0 atom stereocenters. The highest BCUT2D eigenvalue weighted by atomic mass is 35.5. The first-order valence-corrected chi connectivity index (χ1v) is 8.12. The highest BCUT2D eigenvalue weighted by Gasteiger charge is 2.01. The number of carbonyl (C=O) groups is 2. The fourth-order valence-corrected chi connectivity index (χ4v) is 2.50. The van der Waals surface area contributed by atoms with Crippen LogP contribution in [0.4, 0.5) is 4.79 Å². The average Bonchev–Trinajstić information content (AvgIpc) is 2.45. The van der Waals surface area contributed by atoms with Crippen molar-refractivity contribution < 1.29 is 9.59 Å². The minimum atomic E-state index is -0.529. The molecule has 3 amide bonds. The summed E-state index contributed by atoms with van der Waals surface area (Å²) in [5, 5.41) is 6.07. The number of rotatable bonds is 9. The molecule has 0 heterocycles. The van der Waals surface area contributed by atoms with Crippen LogP contribution < -0.4 is 16.4 Å². The fraction of sp³-hybridized carbons (Fsp3) is 0.429. The molecule has 4 N–H and O–H groups in total. The quantitative estimate of drug-likeness (QED) is 0.480. The summed E-state index contributed by atoms with van der Waals surface area (Å²) in [5.41, 5.74) is 4.93. The average molecular weight is 330 g/mol. The van der Waals surface area contributed by atoms with Crippen LogP contribution in [-0.4, -0.2) is 30.8 Å². The third-order valence-electron chi connectivity index (χ3n) is 2.64. The van der Waals surface area contributed by atoms with E-state index in [9.17, 15) is 9.59 Å². The van der Waals surface area contributed by atoms with Gasteiger partial charge in [-0.1, -0.05) is 11.6 Å². The van der Waals surface area contributed by atoms with Gasteiger partial charge < -0.3 is 16.4 Å². The van der Waals surface area contributed by atoms with Crippen molar-refractivity contribution in [3.05, 3.63) is 29.3 Å². The van der Waals surface area contributed by atoms with Crippen molar-refractivity contribution in [2.75, 3.05) is 18.8 Å². The van der Waals surface area contributed by atoms with Crippen LogP contribution in [-0.2, 0) is 4.79 Å². The van der Waals surface area contributed by atoms with E-state index in [4.69, 9.17) is 17.3 Å². The molecule has 1 aromatic carbocycles. The zero-order valence-electron chi connectivity index (χ0n) is 11.7. The Bertz CT molecular complexity index is 454. The molecule has 0 aromatic heterocycles. The molecule has 0 aliphatic carbocycles. The lowest BCUT2D eigenvalue weighted by atomic mass is 10.2. The van der Waals surface area contributed by atoms with Crippen molar-refractivity contribution >= 4 is 35.3 Å². The predicted octanol–water partition coefficient (Wildman–Crippen LogP) is 2.39. The Balaban J connectivity index is 2.00. The highest BCUT2D eigenvalue weighted by Crippen LogP contribution is 2.19. The molecule has 0 saturated carbocycles. The van der Waals surface area contributed by atoms with Crippen LogP contribution in [0.2, 0.25) is 5.02 Å². The number of amides is 3. The Hall–Kier alpha value is -1.40. The lowest BCUT2D eigenvalue weighted by Crippen LogP contribution is -2.30. The summed E-state index contributed by atoms with van der Waals surface area (Å²) in [4.78, 5) is 23.1. The van der Waals surface area contributed by atoms with Crippen molar-refractivity contribution in [2.45, 2.75) is 24.2 Å². The van der Waals surface area contributed by atoms with E-state index in [1.807, 2.05) is 24.3 Å². The van der Waals surface area contributed by atoms with Gasteiger partial charge in [0.2, 0.25) is 5.91 Å². The SMILES string of the molecule is NC(=O)NCCCCC(=O)NCCSc1ccc(Cl)cc1. The van der Waals surface area contributed by atoms with Crippen LogP contribution in [0.1, 0.15) is 19.3 Å². The monoisotopic (exact) mass is 329 g/mol. The second-order valence-corrected chi connectivity index (χ2v) is 6.01. The van der Waals surface area contributed by atoms with E-state index < -0.39 is 6.03 Å². The van der Waals surface area contributed by atoms with Crippen molar-refractivity contribution in [3.8, 4) is 0 Å². The molecule has 0 aliphatic rings. The molecular formula is C14H20ClN3O2S. The second-order valence-electron chi connectivity index (χ2n) is 4.40. The number of unbranched alkanes of at least 4 members (excludes halogenated alkanes) is 1. The molecule has 7 heteroatoms. The minimum absolute atomic E-state index is 0.0331. The van der Waals surface area contributed by atoms with Crippen molar-refractivity contribution in [1.29, 1.82) is 0 Å². The van der Waals surface area contributed by atoms with Crippen LogP contribution in [0, 0.1) is 0 Å². The van der Waals surface area contributed by atoms with Crippen molar-refractivity contribution in [1.82, 2.24) is 10.6 Å². The number of hydrogen-bond acceptors (Lipinski definition) is 3. The second kappa shape index (κ2) is 10.3.